The molecule has 0 heterocycles. The summed E-state index contributed by atoms with van der Waals surface area (Å²) in [6.45, 7) is 5.85. The van der Waals surface area contributed by atoms with Crippen LogP contribution >= 0.6 is 0 Å². The predicted octanol–water partition coefficient (Wildman–Crippen LogP) is 3.59. The van der Waals surface area contributed by atoms with E-state index in [-0.39, 0.29) is 0 Å². The molecule has 0 bridgehead atoms. The molecular formula is C20H23NO5. The third-order valence-electron chi connectivity index (χ3n) is 3.67. The summed E-state index contributed by atoms with van der Waals surface area (Å²) >= 11 is 0. The maximum Gasteiger partial charge on any atom is 0.338 e. The van der Waals surface area contributed by atoms with E-state index in [0.717, 1.165) is 5.56 Å². The Balaban J connectivity index is 2.00. The second-order valence-electron chi connectivity index (χ2n) is 5.70. The van der Waals surface area contributed by atoms with Crippen LogP contribution in [0.3, 0.4) is 0 Å². The molecule has 0 aromatic heterocycles. The van der Waals surface area contributed by atoms with Gasteiger partial charge in [-0.05, 0) is 62.7 Å². The number of amides is 1. The van der Waals surface area contributed by atoms with Crippen molar-refractivity contribution in [1.82, 2.24) is 0 Å². The van der Waals surface area contributed by atoms with E-state index in [1.807, 2.05) is 19.9 Å². The molecule has 6 heteroatoms. The maximum absolute atomic E-state index is 12.3. The molecule has 1 amide bonds. The average Bonchev–Trinajstić information content (AvgIpc) is 2.62. The number of hydrogen-bond acceptors (Lipinski definition) is 5. The lowest BCUT2D eigenvalue weighted by Gasteiger charge is -2.15. The van der Waals surface area contributed by atoms with E-state index in [4.69, 9.17) is 14.2 Å². The first kappa shape index (κ1) is 19.3. The third kappa shape index (κ3) is 4.99. The molecule has 138 valence electrons. The normalized spacial score (nSPS) is 11.4. The fourth-order valence-corrected chi connectivity index (χ4v) is 2.29. The predicted molar refractivity (Wildman–Crippen MR) is 98.8 cm³/mol. The van der Waals surface area contributed by atoms with Crippen molar-refractivity contribution in [3.8, 4) is 11.5 Å². The summed E-state index contributed by atoms with van der Waals surface area (Å²) in [5, 5.41) is 2.72. The maximum atomic E-state index is 12.3. The molecule has 1 atom stereocenters. The van der Waals surface area contributed by atoms with Gasteiger partial charge in [-0.25, -0.2) is 4.79 Å². The van der Waals surface area contributed by atoms with Crippen LogP contribution in [-0.2, 0) is 9.53 Å². The fraction of sp³-hybridized carbons (Fsp3) is 0.300. The minimum Gasteiger partial charge on any atom is -0.495 e. The summed E-state index contributed by atoms with van der Waals surface area (Å²) in [7, 11) is 1.52. The zero-order chi connectivity index (χ0) is 19.1. The number of nitrogens with one attached hydrogen (secondary N) is 1. The Bertz CT molecular complexity index is 770. The molecule has 1 N–H and O–H groups in total. The van der Waals surface area contributed by atoms with E-state index >= 15 is 0 Å². The lowest BCUT2D eigenvalue weighted by Crippen LogP contribution is -2.30. The largest absolute Gasteiger partial charge is 0.495 e. The number of hydrogen-bond donors (Lipinski definition) is 1. The van der Waals surface area contributed by atoms with Crippen molar-refractivity contribution < 1.29 is 23.8 Å². The Morgan fingerprint density at radius 1 is 1.12 bits per heavy atom. The van der Waals surface area contributed by atoms with Crippen LogP contribution in [0, 0.1) is 6.92 Å². The molecule has 0 radical (unpaired) electrons. The summed E-state index contributed by atoms with van der Waals surface area (Å²) < 4.78 is 15.8. The van der Waals surface area contributed by atoms with Gasteiger partial charge >= 0.3 is 5.97 Å². The molecule has 0 saturated carbocycles. The number of carbonyl (C=O) groups excluding carboxylic acids is 2. The quantitative estimate of drug-likeness (QED) is 0.767. The molecule has 6 nitrogen and oxygen atoms in total. The van der Waals surface area contributed by atoms with Crippen molar-refractivity contribution in [3.63, 3.8) is 0 Å². The summed E-state index contributed by atoms with van der Waals surface area (Å²) in [5.41, 5.74) is 1.85. The minimum absolute atomic E-state index is 0.348. The highest BCUT2D eigenvalue weighted by molar-refractivity contribution is 5.98. The highest BCUT2D eigenvalue weighted by Gasteiger charge is 2.20. The average molecular weight is 357 g/mol. The molecule has 0 aliphatic heterocycles. The van der Waals surface area contributed by atoms with Crippen molar-refractivity contribution in [2.24, 2.45) is 0 Å². The number of anilines is 1. The molecule has 2 rings (SSSR count). The lowest BCUT2D eigenvalue weighted by molar-refractivity contribution is -0.123. The molecule has 0 spiro atoms. The van der Waals surface area contributed by atoms with Gasteiger partial charge in [0.05, 0.1) is 25.0 Å². The van der Waals surface area contributed by atoms with Crippen molar-refractivity contribution in [3.05, 3.63) is 53.6 Å². The Hall–Kier alpha value is -3.02. The zero-order valence-corrected chi connectivity index (χ0v) is 15.4. The summed E-state index contributed by atoms with van der Waals surface area (Å²) in [4.78, 5) is 24.5. The Morgan fingerprint density at radius 3 is 2.42 bits per heavy atom. The minimum atomic E-state index is -0.959. The van der Waals surface area contributed by atoms with Crippen LogP contribution in [0.5, 0.6) is 11.5 Å². The number of rotatable bonds is 7. The molecule has 0 aliphatic rings. The summed E-state index contributed by atoms with van der Waals surface area (Å²) in [6.07, 6.45) is -0.959. The van der Waals surface area contributed by atoms with Crippen molar-refractivity contribution in [2.75, 3.05) is 19.0 Å². The molecule has 1 unspecified atom stereocenters. The molecule has 2 aromatic rings. The second kappa shape index (κ2) is 8.89. The summed E-state index contributed by atoms with van der Waals surface area (Å²) in [6, 6.07) is 12.0. The van der Waals surface area contributed by atoms with Crippen LogP contribution in [0.2, 0.25) is 0 Å². The van der Waals surface area contributed by atoms with E-state index in [9.17, 15) is 9.59 Å². The van der Waals surface area contributed by atoms with Crippen LogP contribution in [0.4, 0.5) is 5.69 Å². The van der Waals surface area contributed by atoms with Crippen molar-refractivity contribution >= 4 is 17.6 Å². The van der Waals surface area contributed by atoms with Gasteiger partial charge in [-0.2, -0.15) is 0 Å². The van der Waals surface area contributed by atoms with E-state index in [0.29, 0.717) is 29.4 Å². The summed E-state index contributed by atoms with van der Waals surface area (Å²) in [5.74, 6) is 0.190. The highest BCUT2D eigenvalue weighted by atomic mass is 16.5. The van der Waals surface area contributed by atoms with Crippen LogP contribution < -0.4 is 14.8 Å². The smallest absolute Gasteiger partial charge is 0.338 e. The van der Waals surface area contributed by atoms with E-state index in [2.05, 4.69) is 5.32 Å². The Labute approximate surface area is 153 Å². The number of carbonyl (C=O) groups is 2. The van der Waals surface area contributed by atoms with Crippen molar-refractivity contribution in [2.45, 2.75) is 26.9 Å². The van der Waals surface area contributed by atoms with Gasteiger partial charge in [0, 0.05) is 0 Å². The molecule has 0 aliphatic carbocycles. The fourth-order valence-electron chi connectivity index (χ4n) is 2.29. The SMILES string of the molecule is CCOc1ccc(C(=O)OC(C)C(=O)Nc2cc(C)ccc2OC)cc1. The number of benzene rings is 2. The first-order valence-electron chi connectivity index (χ1n) is 8.34. The van der Waals surface area contributed by atoms with Crippen LogP contribution in [0.1, 0.15) is 29.8 Å². The van der Waals surface area contributed by atoms with Gasteiger partial charge in [-0.3, -0.25) is 4.79 Å². The van der Waals surface area contributed by atoms with Crippen LogP contribution in [0.15, 0.2) is 42.5 Å². The number of ether oxygens (including phenoxy) is 3. The number of aryl methyl sites for hydroxylation is 1. The zero-order valence-electron chi connectivity index (χ0n) is 15.4. The highest BCUT2D eigenvalue weighted by Crippen LogP contribution is 2.25. The first-order chi connectivity index (χ1) is 12.4. The van der Waals surface area contributed by atoms with E-state index < -0.39 is 18.0 Å². The number of esters is 1. The van der Waals surface area contributed by atoms with E-state index in [1.54, 1.807) is 36.4 Å². The van der Waals surface area contributed by atoms with Gasteiger partial charge in [0.2, 0.25) is 0 Å². The van der Waals surface area contributed by atoms with Crippen molar-refractivity contribution in [1.29, 1.82) is 0 Å². The lowest BCUT2D eigenvalue weighted by atomic mass is 10.2. The van der Waals surface area contributed by atoms with Crippen LogP contribution in [0.25, 0.3) is 0 Å². The molecular weight excluding hydrogens is 334 g/mol. The second-order valence-corrected chi connectivity index (χ2v) is 5.70. The monoisotopic (exact) mass is 357 g/mol. The topological polar surface area (TPSA) is 73.9 Å². The van der Waals surface area contributed by atoms with E-state index in [1.165, 1.54) is 14.0 Å². The molecule has 26 heavy (non-hydrogen) atoms. The molecule has 2 aromatic carbocycles. The van der Waals surface area contributed by atoms with Gasteiger partial charge in [0.25, 0.3) is 5.91 Å². The van der Waals surface area contributed by atoms with Gasteiger partial charge in [-0.1, -0.05) is 6.07 Å². The molecule has 0 fully saturated rings. The Kier molecular flexibility index (Phi) is 6.60. The van der Waals surface area contributed by atoms with Gasteiger partial charge < -0.3 is 19.5 Å². The Morgan fingerprint density at radius 2 is 1.81 bits per heavy atom. The number of methoxy groups -OCH3 is 1. The molecule has 0 saturated heterocycles. The first-order valence-corrected chi connectivity index (χ1v) is 8.34. The van der Waals surface area contributed by atoms with Gasteiger partial charge in [0.15, 0.2) is 6.10 Å². The standard InChI is InChI=1S/C20H23NO5/c1-5-25-16-9-7-15(8-10-16)20(23)26-14(3)19(22)21-17-12-13(2)6-11-18(17)24-4/h6-12,14H,5H2,1-4H3,(H,21,22). The van der Waals surface area contributed by atoms with Gasteiger partial charge in [-0.15, -0.1) is 0 Å². The van der Waals surface area contributed by atoms with Crippen LogP contribution in [-0.4, -0.2) is 31.7 Å². The third-order valence-corrected chi connectivity index (χ3v) is 3.67. The van der Waals surface area contributed by atoms with Gasteiger partial charge in [0.1, 0.15) is 11.5 Å².